The summed E-state index contributed by atoms with van der Waals surface area (Å²) in [6, 6.07) is 3.19. The van der Waals surface area contributed by atoms with Crippen LogP contribution in [0.1, 0.15) is 11.1 Å². The van der Waals surface area contributed by atoms with Crippen molar-refractivity contribution in [1.29, 1.82) is 0 Å². The molecule has 0 saturated carbocycles. The van der Waals surface area contributed by atoms with Crippen LogP contribution in [0.4, 0.5) is 4.39 Å². The largest absolute Gasteiger partial charge is 0.206 e. The third kappa shape index (κ3) is 2.55. The van der Waals surface area contributed by atoms with E-state index >= 15 is 0 Å². The highest BCUT2D eigenvalue weighted by molar-refractivity contribution is 9.10. The summed E-state index contributed by atoms with van der Waals surface area (Å²) in [5.41, 5.74) is 1.57. The molecule has 0 spiro atoms. The van der Waals surface area contributed by atoms with Gasteiger partial charge < -0.3 is 0 Å². The van der Waals surface area contributed by atoms with Gasteiger partial charge in [-0.15, -0.1) is 11.6 Å². The highest BCUT2D eigenvalue weighted by Gasteiger charge is 2.05. The van der Waals surface area contributed by atoms with E-state index in [1.54, 1.807) is 18.2 Å². The molecule has 0 heterocycles. The average molecular weight is 264 g/mol. The Balaban J connectivity index is 3.17. The van der Waals surface area contributed by atoms with Crippen LogP contribution < -0.4 is 0 Å². The molecule has 13 heavy (non-hydrogen) atoms. The molecule has 3 heteroatoms. The summed E-state index contributed by atoms with van der Waals surface area (Å²) >= 11 is 8.80. The van der Waals surface area contributed by atoms with Gasteiger partial charge in [0.05, 0.1) is 0 Å². The number of hydrogen-bond acceptors (Lipinski definition) is 0. The Labute approximate surface area is 90.5 Å². The monoisotopic (exact) mass is 262 g/mol. The zero-order chi connectivity index (χ0) is 9.84. The van der Waals surface area contributed by atoms with Crippen LogP contribution in [0.3, 0.4) is 0 Å². The molecule has 0 aromatic heterocycles. The van der Waals surface area contributed by atoms with Gasteiger partial charge in [0.2, 0.25) is 0 Å². The van der Waals surface area contributed by atoms with Gasteiger partial charge in [-0.3, -0.25) is 0 Å². The number of benzene rings is 1. The van der Waals surface area contributed by atoms with Crippen LogP contribution in [0.5, 0.6) is 0 Å². The fourth-order valence-electron chi connectivity index (χ4n) is 0.994. The summed E-state index contributed by atoms with van der Waals surface area (Å²) in [5, 5.41) is 0. The van der Waals surface area contributed by atoms with Gasteiger partial charge >= 0.3 is 0 Å². The Kier molecular flexibility index (Phi) is 3.94. The molecule has 0 atom stereocenters. The first kappa shape index (κ1) is 10.7. The maximum absolute atomic E-state index is 13.2. The summed E-state index contributed by atoms with van der Waals surface area (Å²) in [5.74, 6) is 0.152. The third-order valence-corrected chi connectivity index (χ3v) is 2.92. The molecule has 0 unspecified atom stereocenters. The minimum Gasteiger partial charge on any atom is -0.206 e. The summed E-state index contributed by atoms with van der Waals surface area (Å²) in [4.78, 5) is 0. The Morgan fingerprint density at radius 2 is 2.23 bits per heavy atom. The molecule has 0 nitrogen and oxygen atoms in total. The molecule has 0 fully saturated rings. The Morgan fingerprint density at radius 1 is 1.54 bits per heavy atom. The second kappa shape index (κ2) is 4.77. The number of alkyl halides is 1. The average Bonchev–Trinajstić information content (AvgIpc) is 2.12. The predicted molar refractivity (Wildman–Crippen MR) is 58.6 cm³/mol. The van der Waals surface area contributed by atoms with E-state index in [4.69, 9.17) is 11.6 Å². The van der Waals surface area contributed by atoms with Gasteiger partial charge in [-0.25, -0.2) is 4.39 Å². The van der Waals surface area contributed by atoms with Gasteiger partial charge in [-0.1, -0.05) is 18.2 Å². The van der Waals surface area contributed by atoms with Crippen LogP contribution >= 0.6 is 27.5 Å². The second-order valence-corrected chi connectivity index (χ2v) is 3.75. The Hall–Kier alpha value is -0.340. The maximum atomic E-state index is 13.2. The predicted octanol–water partition coefficient (Wildman–Crippen LogP) is 4.15. The minimum absolute atomic E-state index is 0.237. The van der Waals surface area contributed by atoms with Crippen LogP contribution in [-0.2, 0) is 0 Å². The first-order chi connectivity index (χ1) is 6.16. The molecule has 1 rings (SSSR count). The lowest BCUT2D eigenvalue weighted by Gasteiger charge is -2.03. The van der Waals surface area contributed by atoms with Crippen molar-refractivity contribution in [3.8, 4) is 0 Å². The molecule has 1 aromatic rings. The molecule has 0 radical (unpaired) electrons. The molecule has 0 aliphatic rings. The standard InChI is InChI=1S/C10H9BrClF/c1-7-4-5-9(13)8(10(7)11)3-2-6-12/h2-5H,6H2,1H3. The lowest BCUT2D eigenvalue weighted by molar-refractivity contribution is 0.623. The van der Waals surface area contributed by atoms with Crippen LogP contribution in [0.25, 0.3) is 6.08 Å². The molecular weight excluding hydrogens is 254 g/mol. The number of allylic oxidation sites excluding steroid dienone is 1. The SMILES string of the molecule is Cc1ccc(F)c(C=CCCl)c1Br. The van der Waals surface area contributed by atoms with E-state index in [9.17, 15) is 4.39 Å². The lowest BCUT2D eigenvalue weighted by Crippen LogP contribution is -1.87. The van der Waals surface area contributed by atoms with E-state index in [0.29, 0.717) is 11.4 Å². The molecule has 0 bridgehead atoms. The van der Waals surface area contributed by atoms with Gasteiger partial charge in [-0.2, -0.15) is 0 Å². The fourth-order valence-corrected chi connectivity index (χ4v) is 1.54. The normalized spacial score (nSPS) is 11.1. The van der Waals surface area contributed by atoms with Crippen molar-refractivity contribution < 1.29 is 4.39 Å². The molecule has 70 valence electrons. The van der Waals surface area contributed by atoms with Gasteiger partial charge in [-0.05, 0) is 34.5 Å². The molecule has 1 aromatic carbocycles. The fraction of sp³-hybridized carbons (Fsp3) is 0.200. The first-order valence-electron chi connectivity index (χ1n) is 3.84. The van der Waals surface area contributed by atoms with Crippen molar-refractivity contribution in [2.45, 2.75) is 6.92 Å². The van der Waals surface area contributed by atoms with Crippen LogP contribution in [-0.4, -0.2) is 5.88 Å². The molecule has 0 aliphatic heterocycles. The molecule has 0 amide bonds. The van der Waals surface area contributed by atoms with Crippen molar-refractivity contribution in [3.05, 3.63) is 39.6 Å². The smallest absolute Gasteiger partial charge is 0.131 e. The maximum Gasteiger partial charge on any atom is 0.131 e. The van der Waals surface area contributed by atoms with Crippen LogP contribution in [0.15, 0.2) is 22.7 Å². The number of rotatable bonds is 2. The summed E-state index contributed by atoms with van der Waals surface area (Å²) in [6.07, 6.45) is 3.39. The van der Waals surface area contributed by atoms with E-state index in [2.05, 4.69) is 15.9 Å². The van der Waals surface area contributed by atoms with Crippen molar-refractivity contribution >= 4 is 33.6 Å². The van der Waals surface area contributed by atoms with E-state index in [1.165, 1.54) is 6.07 Å². The highest BCUT2D eigenvalue weighted by Crippen LogP contribution is 2.25. The first-order valence-corrected chi connectivity index (χ1v) is 5.16. The number of halogens is 3. The van der Waals surface area contributed by atoms with E-state index in [0.717, 1.165) is 10.0 Å². The third-order valence-electron chi connectivity index (χ3n) is 1.69. The molecule has 0 aliphatic carbocycles. The molecule has 0 saturated heterocycles. The van der Waals surface area contributed by atoms with Gasteiger partial charge in [0.1, 0.15) is 5.82 Å². The van der Waals surface area contributed by atoms with Gasteiger partial charge in [0.25, 0.3) is 0 Å². The van der Waals surface area contributed by atoms with Gasteiger partial charge in [0.15, 0.2) is 0 Å². The zero-order valence-corrected chi connectivity index (χ0v) is 9.49. The van der Waals surface area contributed by atoms with Crippen LogP contribution in [0.2, 0.25) is 0 Å². The van der Waals surface area contributed by atoms with E-state index in [-0.39, 0.29) is 5.82 Å². The molecule has 0 N–H and O–H groups in total. The van der Waals surface area contributed by atoms with Crippen LogP contribution in [0, 0.1) is 12.7 Å². The van der Waals surface area contributed by atoms with E-state index < -0.39 is 0 Å². The van der Waals surface area contributed by atoms with Gasteiger partial charge in [0, 0.05) is 15.9 Å². The number of hydrogen-bond donors (Lipinski definition) is 0. The summed E-state index contributed by atoms with van der Waals surface area (Å²) in [7, 11) is 0. The van der Waals surface area contributed by atoms with E-state index in [1.807, 2.05) is 6.92 Å². The molecular formula is C10H9BrClF. The highest BCUT2D eigenvalue weighted by atomic mass is 79.9. The van der Waals surface area contributed by atoms with Crippen molar-refractivity contribution in [1.82, 2.24) is 0 Å². The van der Waals surface area contributed by atoms with Crippen molar-refractivity contribution in [3.63, 3.8) is 0 Å². The Morgan fingerprint density at radius 3 is 2.85 bits per heavy atom. The number of aryl methyl sites for hydroxylation is 1. The van der Waals surface area contributed by atoms with Crippen molar-refractivity contribution in [2.75, 3.05) is 5.88 Å². The summed E-state index contributed by atoms with van der Waals surface area (Å²) < 4.78 is 14.0. The van der Waals surface area contributed by atoms with Crippen molar-refractivity contribution in [2.24, 2.45) is 0 Å². The topological polar surface area (TPSA) is 0 Å². The zero-order valence-electron chi connectivity index (χ0n) is 7.15. The summed E-state index contributed by atoms with van der Waals surface area (Å²) in [6.45, 7) is 1.92. The quantitative estimate of drug-likeness (QED) is 0.703. The Bertz CT molecular complexity index is 334. The lowest BCUT2D eigenvalue weighted by atomic mass is 10.1. The minimum atomic E-state index is -0.237. The second-order valence-electron chi connectivity index (χ2n) is 2.65.